The average molecular weight is 708 g/mol. The summed E-state index contributed by atoms with van der Waals surface area (Å²) < 4.78 is 15.9. The van der Waals surface area contributed by atoms with Gasteiger partial charge >= 0.3 is 7.60 Å². The molecule has 2 aromatic rings. The van der Waals surface area contributed by atoms with E-state index in [2.05, 4.69) is 36.3 Å². The summed E-state index contributed by atoms with van der Waals surface area (Å²) in [5.74, 6) is 7.51. The number of hydrogen-bond donors (Lipinski definition) is 3. The molecule has 0 aromatic heterocycles. The minimum absolute atomic E-state index is 0. The molecule has 1 aliphatic rings. The molecule has 3 amide bonds. The molecule has 47 heavy (non-hydrogen) atoms. The number of fused-ring (bicyclic) bond motifs is 2. The monoisotopic (exact) mass is 707 g/mol. The first kappa shape index (κ1) is 40.4. The molecule has 0 radical (unpaired) electrons. The van der Waals surface area contributed by atoms with Crippen molar-refractivity contribution in [2.45, 2.75) is 78.2 Å². The molecule has 3 rings (SSSR count). The van der Waals surface area contributed by atoms with Crippen LogP contribution in [0, 0.1) is 11.8 Å². The van der Waals surface area contributed by atoms with Crippen molar-refractivity contribution in [1.82, 2.24) is 10.6 Å². The van der Waals surface area contributed by atoms with Gasteiger partial charge in [-0.05, 0) is 36.6 Å². The van der Waals surface area contributed by atoms with Crippen LogP contribution in [0.4, 0.5) is 5.69 Å². The van der Waals surface area contributed by atoms with E-state index in [4.69, 9.17) is 9.42 Å². The van der Waals surface area contributed by atoms with Gasteiger partial charge in [-0.1, -0.05) is 103 Å². The Hall–Kier alpha value is -2.74. The lowest BCUT2D eigenvalue weighted by Gasteiger charge is -2.26. The Morgan fingerprint density at radius 3 is 2.21 bits per heavy atom. The molecule has 9 nitrogen and oxygen atoms in total. The van der Waals surface area contributed by atoms with E-state index >= 15 is 0 Å². The van der Waals surface area contributed by atoms with Crippen LogP contribution in [-0.2, 0) is 30.0 Å². The molecule has 3 N–H and O–H groups in total. The highest BCUT2D eigenvalue weighted by atomic mass is 33.1. The van der Waals surface area contributed by atoms with Gasteiger partial charge in [0.1, 0.15) is 0 Å². The van der Waals surface area contributed by atoms with E-state index < -0.39 is 7.60 Å². The quantitative estimate of drug-likeness (QED) is 0.0597. The molecule has 262 valence electrons. The highest BCUT2D eigenvalue weighted by molar-refractivity contribution is 8.76. The van der Waals surface area contributed by atoms with Crippen molar-refractivity contribution >= 4 is 52.6 Å². The zero-order valence-corrected chi connectivity index (χ0v) is 30.5. The number of anilines is 1. The fourth-order valence-corrected chi connectivity index (χ4v) is 6.63. The Labute approximate surface area is 291 Å². The van der Waals surface area contributed by atoms with Crippen molar-refractivity contribution in [1.29, 1.82) is 0 Å². The summed E-state index contributed by atoms with van der Waals surface area (Å²) in [6.07, 6.45) is 6.66. The Morgan fingerprint density at radius 2 is 1.47 bits per heavy atom. The van der Waals surface area contributed by atoms with Crippen LogP contribution < -0.4 is 15.5 Å². The molecule has 12 heteroatoms. The van der Waals surface area contributed by atoms with Crippen LogP contribution in [0.1, 0.15) is 91.2 Å². The molecule has 0 saturated carbocycles. The summed E-state index contributed by atoms with van der Waals surface area (Å²) in [5.41, 5.74) is 3.42. The lowest BCUT2D eigenvalue weighted by molar-refractivity contribution is -0.125. The molecule has 2 aromatic carbocycles. The highest BCUT2D eigenvalue weighted by Crippen LogP contribution is 2.36. The third-order valence-electron chi connectivity index (χ3n) is 6.97. The van der Waals surface area contributed by atoms with Crippen LogP contribution in [0.25, 0.3) is 0 Å². The van der Waals surface area contributed by atoms with Crippen molar-refractivity contribution in [3.05, 3.63) is 65.2 Å². The second kappa shape index (κ2) is 23.6. The minimum atomic E-state index is -3.39. The smallest absolute Gasteiger partial charge is 0.325 e. The SMILES string of the molecule is CCCC.CP(=O)(O)OCCCCCCNC(=O)CCSSCCNC(=O)CCC(=O)N1Cc2ccccc2C#Cc2ccccc21.[HH].[HH]. The summed E-state index contributed by atoms with van der Waals surface area (Å²) >= 11 is 0. The lowest BCUT2D eigenvalue weighted by Crippen LogP contribution is -2.33. The topological polar surface area (TPSA) is 125 Å². The molecule has 1 unspecified atom stereocenters. The number of para-hydroxylation sites is 1. The van der Waals surface area contributed by atoms with Crippen LogP contribution in [0.15, 0.2) is 48.5 Å². The summed E-state index contributed by atoms with van der Waals surface area (Å²) in [6.45, 7) is 7.32. The standard InChI is InChI=1S/C31H40N3O6PS2.C4H10.2H2/c1-41(38,39)40-21-9-3-2-8-19-32-30(36)18-22-42-43-23-20-33-29(35)16-17-31(37)34-24-27-12-5-4-10-25(27)14-15-26-11-6-7-13-28(26)34;1-3-4-2;;/h4-7,10-13H,2-3,8-9,16-24H2,1H3,(H,32,36)(H,33,35)(H,38,39);3-4H2,1-2H3;2*1H. The number of carbonyl (C=O) groups excluding carboxylic acids is 3. The van der Waals surface area contributed by atoms with E-state index in [0.717, 1.165) is 48.1 Å². The third kappa shape index (κ3) is 17.8. The van der Waals surface area contributed by atoms with Gasteiger partial charge in [0.25, 0.3) is 0 Å². The Kier molecular flexibility index (Phi) is 20.3. The van der Waals surface area contributed by atoms with E-state index in [0.29, 0.717) is 37.6 Å². The predicted octanol–water partition coefficient (Wildman–Crippen LogP) is 7.41. The first-order chi connectivity index (χ1) is 22.6. The van der Waals surface area contributed by atoms with Crippen LogP contribution in [0.2, 0.25) is 0 Å². The first-order valence-electron chi connectivity index (χ1n) is 16.4. The maximum Gasteiger partial charge on any atom is 0.325 e. The van der Waals surface area contributed by atoms with Gasteiger partial charge in [-0.2, -0.15) is 0 Å². The highest BCUT2D eigenvalue weighted by Gasteiger charge is 2.21. The molecule has 1 atom stereocenters. The second-order valence-electron chi connectivity index (χ2n) is 11.0. The summed E-state index contributed by atoms with van der Waals surface area (Å²) in [4.78, 5) is 48.4. The molecule has 0 saturated heterocycles. The van der Waals surface area contributed by atoms with E-state index in [1.807, 2.05) is 48.5 Å². The zero-order valence-electron chi connectivity index (χ0n) is 27.9. The van der Waals surface area contributed by atoms with Crippen LogP contribution in [-0.4, -0.2) is 60.5 Å². The number of benzene rings is 2. The van der Waals surface area contributed by atoms with Gasteiger partial charge in [-0.3, -0.25) is 18.9 Å². The first-order valence-corrected chi connectivity index (χ1v) is 20.9. The number of nitrogens with zero attached hydrogens (tertiary/aromatic N) is 1. The van der Waals surface area contributed by atoms with Crippen molar-refractivity contribution in [3.8, 4) is 11.8 Å². The molecule has 1 aliphatic heterocycles. The van der Waals surface area contributed by atoms with Gasteiger partial charge in [-0.15, -0.1) is 0 Å². The van der Waals surface area contributed by atoms with Gasteiger partial charge in [0.15, 0.2) is 0 Å². The minimum Gasteiger partial charge on any atom is -0.356 e. The predicted molar refractivity (Wildman–Crippen MR) is 200 cm³/mol. The third-order valence-corrected chi connectivity index (χ3v) is 10.0. The molecule has 0 spiro atoms. The van der Waals surface area contributed by atoms with Gasteiger partial charge in [0.2, 0.25) is 17.7 Å². The normalized spacial score (nSPS) is 12.8. The Balaban J connectivity index is 0.00000363. The van der Waals surface area contributed by atoms with Gasteiger partial charge in [0.05, 0.1) is 18.8 Å². The van der Waals surface area contributed by atoms with Crippen LogP contribution >= 0.6 is 29.2 Å². The van der Waals surface area contributed by atoms with Crippen molar-refractivity contribution < 1.29 is 31.2 Å². The molecular weight excluding hydrogens is 654 g/mol. The molecule has 0 bridgehead atoms. The summed E-state index contributed by atoms with van der Waals surface area (Å²) in [5, 5.41) is 5.78. The van der Waals surface area contributed by atoms with Gasteiger partial charge < -0.3 is 25.0 Å². The van der Waals surface area contributed by atoms with Crippen molar-refractivity contribution in [2.24, 2.45) is 0 Å². The van der Waals surface area contributed by atoms with E-state index in [1.54, 1.807) is 26.5 Å². The number of unbranched alkanes of at least 4 members (excludes halogenated alkanes) is 4. The van der Waals surface area contributed by atoms with Crippen LogP contribution in [0.3, 0.4) is 0 Å². The second-order valence-corrected chi connectivity index (χ2v) is 15.6. The summed E-state index contributed by atoms with van der Waals surface area (Å²) in [7, 11) is -0.197. The maximum absolute atomic E-state index is 13.2. The fourth-order valence-electron chi connectivity index (χ4n) is 4.27. The summed E-state index contributed by atoms with van der Waals surface area (Å²) in [6, 6.07) is 15.4. The number of nitrogens with one attached hydrogen (secondary N) is 2. The van der Waals surface area contributed by atoms with Gasteiger partial charge in [0, 0.05) is 64.5 Å². The Morgan fingerprint density at radius 1 is 0.851 bits per heavy atom. The number of carbonyl (C=O) groups is 3. The van der Waals surface area contributed by atoms with E-state index in [1.165, 1.54) is 19.5 Å². The number of hydrogen-bond acceptors (Lipinski definition) is 7. The average Bonchev–Trinajstić information content (AvgIpc) is 3.05. The van der Waals surface area contributed by atoms with Crippen LogP contribution in [0.5, 0.6) is 0 Å². The van der Waals surface area contributed by atoms with Crippen molar-refractivity contribution in [3.63, 3.8) is 0 Å². The number of amides is 3. The molecular formula is C35H54N3O6PS2. The molecule has 1 heterocycles. The van der Waals surface area contributed by atoms with E-state index in [-0.39, 0.29) is 40.0 Å². The maximum atomic E-state index is 13.2. The van der Waals surface area contributed by atoms with E-state index in [9.17, 15) is 18.9 Å². The zero-order chi connectivity index (χ0) is 34.3. The Bertz CT molecular complexity index is 1380. The van der Waals surface area contributed by atoms with Crippen molar-refractivity contribution in [2.75, 3.05) is 42.8 Å². The largest absolute Gasteiger partial charge is 0.356 e. The lowest BCUT2D eigenvalue weighted by atomic mass is 10.0. The molecule has 0 fully saturated rings. The number of rotatable bonds is 19. The van der Waals surface area contributed by atoms with Gasteiger partial charge in [-0.25, -0.2) is 0 Å². The molecule has 0 aliphatic carbocycles. The fraction of sp³-hybridized carbons (Fsp3) is 0.514.